The Bertz CT molecular complexity index is 641. The Morgan fingerprint density at radius 1 is 1.30 bits per heavy atom. The molecule has 0 radical (unpaired) electrons. The lowest BCUT2D eigenvalue weighted by molar-refractivity contribution is -0.137. The number of nitrogens with zero attached hydrogens (tertiary/aromatic N) is 1. The lowest BCUT2D eigenvalue weighted by Crippen LogP contribution is -2.00. The third kappa shape index (κ3) is 8.50. The van der Waals surface area contributed by atoms with E-state index in [1.807, 2.05) is 30.4 Å². The van der Waals surface area contributed by atoms with Gasteiger partial charge >= 0.3 is 5.97 Å². The fourth-order valence-corrected chi connectivity index (χ4v) is 2.95. The Morgan fingerprint density at radius 2 is 2.15 bits per heavy atom. The van der Waals surface area contributed by atoms with E-state index < -0.39 is 12.1 Å². The van der Waals surface area contributed by atoms with Gasteiger partial charge in [0.25, 0.3) is 0 Å². The highest BCUT2D eigenvalue weighted by atomic mass is 16.6. The average molecular weight is 373 g/mol. The minimum atomic E-state index is -0.771. The van der Waals surface area contributed by atoms with Crippen molar-refractivity contribution in [1.29, 1.82) is 0 Å². The number of hydrogen-bond donors (Lipinski definition) is 2. The van der Waals surface area contributed by atoms with E-state index >= 15 is 0 Å². The molecule has 148 valence electrons. The fourth-order valence-electron chi connectivity index (χ4n) is 2.95. The molecule has 5 heteroatoms. The van der Waals surface area contributed by atoms with Crippen LogP contribution in [0.25, 0.3) is 6.08 Å². The molecule has 0 bridgehead atoms. The van der Waals surface area contributed by atoms with Crippen molar-refractivity contribution in [2.24, 2.45) is 0 Å². The van der Waals surface area contributed by atoms with Crippen molar-refractivity contribution in [3.05, 3.63) is 47.8 Å². The number of carbonyl (C=O) groups is 1. The molecular formula is C22H31NO4. The maximum Gasteiger partial charge on any atom is 0.303 e. The Morgan fingerprint density at radius 3 is 2.93 bits per heavy atom. The van der Waals surface area contributed by atoms with E-state index in [0.29, 0.717) is 12.8 Å². The van der Waals surface area contributed by atoms with Gasteiger partial charge in [0, 0.05) is 6.42 Å². The van der Waals surface area contributed by atoms with Gasteiger partial charge in [-0.25, -0.2) is 0 Å². The van der Waals surface area contributed by atoms with Crippen LogP contribution in [0.15, 0.2) is 36.4 Å². The summed E-state index contributed by atoms with van der Waals surface area (Å²) in [6.45, 7) is 2.19. The molecular weight excluding hydrogens is 342 g/mol. The topological polar surface area (TPSA) is 83.0 Å². The molecule has 0 amide bonds. The monoisotopic (exact) mass is 373 g/mol. The maximum atomic E-state index is 10.6. The number of ether oxygens (including phenoxy) is 1. The molecule has 1 aromatic rings. The van der Waals surface area contributed by atoms with Crippen LogP contribution in [0.4, 0.5) is 0 Å². The average Bonchev–Trinajstić information content (AvgIpc) is 3.42. The number of carboxylic acids is 1. The standard InChI is InChI=1S/C22H31NO4/c1-2-3-4-5-6-7-11-18(24)16-15-17-10-8-12-19(23-17)22-20(27-22)13-9-14-21(25)26/h6-8,10,12,15-16,18,20,22,24H,2-5,9,11,13-14H2,1H3,(H,25,26). The van der Waals surface area contributed by atoms with Crippen molar-refractivity contribution < 1.29 is 19.7 Å². The van der Waals surface area contributed by atoms with Crippen LogP contribution in [0.3, 0.4) is 0 Å². The van der Waals surface area contributed by atoms with Crippen LogP contribution in [-0.4, -0.2) is 33.4 Å². The second kappa shape index (κ2) is 11.7. The lowest BCUT2D eigenvalue weighted by atomic mass is 10.1. The summed E-state index contributed by atoms with van der Waals surface area (Å²) in [5, 5.41) is 18.7. The summed E-state index contributed by atoms with van der Waals surface area (Å²) >= 11 is 0. The molecule has 1 saturated heterocycles. The van der Waals surface area contributed by atoms with Gasteiger partial charge in [0.05, 0.1) is 23.6 Å². The summed E-state index contributed by atoms with van der Waals surface area (Å²) in [6.07, 6.45) is 14.2. The van der Waals surface area contributed by atoms with E-state index in [9.17, 15) is 9.90 Å². The third-order valence-electron chi connectivity index (χ3n) is 4.55. The summed E-state index contributed by atoms with van der Waals surface area (Å²) < 4.78 is 5.62. The van der Waals surface area contributed by atoms with Crippen molar-refractivity contribution in [2.75, 3.05) is 0 Å². The largest absolute Gasteiger partial charge is 0.481 e. The minimum absolute atomic E-state index is 0.0388. The second-order valence-electron chi connectivity index (χ2n) is 7.00. The van der Waals surface area contributed by atoms with Crippen LogP contribution in [-0.2, 0) is 9.53 Å². The van der Waals surface area contributed by atoms with E-state index in [1.165, 1.54) is 19.3 Å². The van der Waals surface area contributed by atoms with Crippen LogP contribution >= 0.6 is 0 Å². The number of aliphatic carboxylic acids is 1. The molecule has 3 unspecified atom stereocenters. The summed E-state index contributed by atoms with van der Waals surface area (Å²) in [7, 11) is 0. The predicted molar refractivity (Wildman–Crippen MR) is 106 cm³/mol. The number of hydrogen-bond acceptors (Lipinski definition) is 4. The molecule has 2 rings (SSSR count). The first-order chi connectivity index (χ1) is 13.1. The summed E-state index contributed by atoms with van der Waals surface area (Å²) in [5.41, 5.74) is 1.65. The molecule has 0 aromatic carbocycles. The molecule has 1 aromatic heterocycles. The lowest BCUT2D eigenvalue weighted by Gasteiger charge is -2.02. The van der Waals surface area contributed by atoms with Gasteiger partial charge in [-0.15, -0.1) is 0 Å². The number of aliphatic hydroxyl groups excluding tert-OH is 1. The Labute approximate surface area is 161 Å². The van der Waals surface area contributed by atoms with Crippen molar-refractivity contribution in [2.45, 2.75) is 76.6 Å². The molecule has 1 fully saturated rings. The van der Waals surface area contributed by atoms with Crippen molar-refractivity contribution in [1.82, 2.24) is 4.98 Å². The highest BCUT2D eigenvalue weighted by molar-refractivity contribution is 5.66. The number of aliphatic hydroxyl groups is 1. The molecule has 0 spiro atoms. The molecule has 2 N–H and O–H groups in total. The van der Waals surface area contributed by atoms with Gasteiger partial charge in [0.2, 0.25) is 0 Å². The quantitative estimate of drug-likeness (QED) is 0.298. The van der Waals surface area contributed by atoms with E-state index in [0.717, 1.165) is 24.2 Å². The highest BCUT2D eigenvalue weighted by Gasteiger charge is 2.40. The molecule has 0 saturated carbocycles. The number of aromatic nitrogens is 1. The SMILES string of the molecule is CCCCCC=CCC(O)C=Cc1cccc(C2OC2CCCC(=O)O)n1. The first-order valence-electron chi connectivity index (χ1n) is 9.95. The summed E-state index contributed by atoms with van der Waals surface area (Å²) in [6, 6.07) is 5.75. The molecule has 2 heterocycles. The molecule has 3 atom stereocenters. The Hall–Kier alpha value is -1.98. The summed E-state index contributed by atoms with van der Waals surface area (Å²) in [4.78, 5) is 15.1. The van der Waals surface area contributed by atoms with E-state index in [1.54, 1.807) is 6.08 Å². The van der Waals surface area contributed by atoms with E-state index in [2.05, 4.69) is 18.0 Å². The second-order valence-corrected chi connectivity index (χ2v) is 7.00. The smallest absolute Gasteiger partial charge is 0.303 e. The highest BCUT2D eigenvalue weighted by Crippen LogP contribution is 2.40. The normalized spacial score (nSPS) is 20.4. The number of rotatable bonds is 13. The molecule has 1 aliphatic rings. The first-order valence-corrected chi connectivity index (χ1v) is 9.95. The Balaban J connectivity index is 1.75. The van der Waals surface area contributed by atoms with Crippen molar-refractivity contribution >= 4 is 12.0 Å². The van der Waals surface area contributed by atoms with Crippen LogP contribution in [0.2, 0.25) is 0 Å². The molecule has 5 nitrogen and oxygen atoms in total. The van der Waals surface area contributed by atoms with Crippen molar-refractivity contribution in [3.8, 4) is 0 Å². The predicted octanol–water partition coefficient (Wildman–Crippen LogP) is 4.68. The van der Waals surface area contributed by atoms with Gasteiger partial charge in [-0.05, 0) is 50.3 Å². The van der Waals surface area contributed by atoms with Crippen LogP contribution in [0.5, 0.6) is 0 Å². The van der Waals surface area contributed by atoms with E-state index in [4.69, 9.17) is 9.84 Å². The van der Waals surface area contributed by atoms with Crippen molar-refractivity contribution in [3.63, 3.8) is 0 Å². The zero-order valence-corrected chi connectivity index (χ0v) is 16.1. The maximum absolute atomic E-state index is 10.6. The fraction of sp³-hybridized carbons (Fsp3) is 0.545. The van der Waals surface area contributed by atoms with Gasteiger partial charge in [-0.1, -0.05) is 44.1 Å². The minimum Gasteiger partial charge on any atom is -0.481 e. The zero-order chi connectivity index (χ0) is 19.5. The number of epoxide rings is 1. The summed E-state index contributed by atoms with van der Waals surface area (Å²) in [5.74, 6) is -0.771. The van der Waals surface area contributed by atoms with Crippen LogP contribution < -0.4 is 0 Å². The molecule has 1 aliphatic heterocycles. The van der Waals surface area contributed by atoms with E-state index in [-0.39, 0.29) is 18.6 Å². The van der Waals surface area contributed by atoms with Gasteiger partial charge < -0.3 is 14.9 Å². The number of carboxylic acid groups (broad SMARTS) is 1. The van der Waals surface area contributed by atoms with Gasteiger partial charge in [0.1, 0.15) is 6.10 Å². The first kappa shape index (κ1) is 21.3. The Kier molecular flexibility index (Phi) is 9.22. The molecule has 0 aliphatic carbocycles. The van der Waals surface area contributed by atoms with Gasteiger partial charge in [-0.3, -0.25) is 9.78 Å². The number of allylic oxidation sites excluding steroid dienone is 1. The van der Waals surface area contributed by atoms with Gasteiger partial charge in [-0.2, -0.15) is 0 Å². The number of pyridine rings is 1. The molecule has 27 heavy (non-hydrogen) atoms. The van der Waals surface area contributed by atoms with Crippen LogP contribution in [0, 0.1) is 0 Å². The third-order valence-corrected chi connectivity index (χ3v) is 4.55. The number of unbranched alkanes of at least 4 members (excludes halogenated alkanes) is 3. The van der Waals surface area contributed by atoms with Gasteiger partial charge in [0.15, 0.2) is 0 Å². The van der Waals surface area contributed by atoms with Crippen LogP contribution in [0.1, 0.15) is 75.8 Å². The zero-order valence-electron chi connectivity index (χ0n) is 16.1.